The zero-order chi connectivity index (χ0) is 15.4. The molecule has 1 unspecified atom stereocenters. The Labute approximate surface area is 120 Å². The highest BCUT2D eigenvalue weighted by Gasteiger charge is 2.22. The van der Waals surface area contributed by atoms with Crippen molar-refractivity contribution in [1.82, 2.24) is 25.5 Å². The number of nitrogens with one attached hydrogen (secondary N) is 1. The fourth-order valence-electron chi connectivity index (χ4n) is 2.01. The first-order chi connectivity index (χ1) is 10.0. The van der Waals surface area contributed by atoms with Crippen molar-refractivity contribution in [3.63, 3.8) is 0 Å². The van der Waals surface area contributed by atoms with Crippen LogP contribution in [0, 0.1) is 17.5 Å². The molecule has 2 rings (SSSR count). The van der Waals surface area contributed by atoms with E-state index in [1.165, 1.54) is 10.9 Å². The summed E-state index contributed by atoms with van der Waals surface area (Å²) < 4.78 is 40.4. The molecule has 1 atom stereocenters. The third kappa shape index (κ3) is 3.57. The van der Waals surface area contributed by atoms with Crippen LogP contribution in [0.25, 0.3) is 0 Å². The lowest BCUT2D eigenvalue weighted by Crippen LogP contribution is -2.26. The first-order valence-electron chi connectivity index (χ1n) is 6.62. The van der Waals surface area contributed by atoms with Gasteiger partial charge in [-0.1, -0.05) is 13.0 Å². The van der Waals surface area contributed by atoms with Gasteiger partial charge in [0.15, 0.2) is 23.3 Å². The molecule has 0 aliphatic rings. The molecular formula is C13H16F3N5. The van der Waals surface area contributed by atoms with Crippen LogP contribution in [0.2, 0.25) is 0 Å². The van der Waals surface area contributed by atoms with Crippen LogP contribution in [0.15, 0.2) is 12.1 Å². The van der Waals surface area contributed by atoms with Gasteiger partial charge in [0, 0.05) is 18.0 Å². The Hall–Kier alpha value is -1.96. The SMILES string of the molecule is CCCNC(Cc1nnn(C)n1)c1ccc(F)c(F)c1F. The molecule has 0 bridgehead atoms. The van der Waals surface area contributed by atoms with Gasteiger partial charge in [-0.15, -0.1) is 10.2 Å². The van der Waals surface area contributed by atoms with Crippen LogP contribution in [0.1, 0.15) is 30.8 Å². The summed E-state index contributed by atoms with van der Waals surface area (Å²) in [7, 11) is 1.61. The van der Waals surface area contributed by atoms with Crippen molar-refractivity contribution in [2.45, 2.75) is 25.8 Å². The Morgan fingerprint density at radius 3 is 2.62 bits per heavy atom. The zero-order valence-electron chi connectivity index (χ0n) is 11.8. The fourth-order valence-corrected chi connectivity index (χ4v) is 2.01. The summed E-state index contributed by atoms with van der Waals surface area (Å²) in [5.41, 5.74) is 0.0507. The van der Waals surface area contributed by atoms with Crippen LogP contribution in [0.4, 0.5) is 13.2 Å². The van der Waals surface area contributed by atoms with E-state index in [9.17, 15) is 13.2 Å². The van der Waals surface area contributed by atoms with Gasteiger partial charge in [-0.05, 0) is 24.2 Å². The Kier molecular flexibility index (Phi) is 4.89. The summed E-state index contributed by atoms with van der Waals surface area (Å²) in [4.78, 5) is 1.29. The first-order valence-corrected chi connectivity index (χ1v) is 6.62. The average molecular weight is 299 g/mol. The molecule has 0 saturated heterocycles. The van der Waals surface area contributed by atoms with Crippen molar-refractivity contribution in [3.05, 3.63) is 41.0 Å². The summed E-state index contributed by atoms with van der Waals surface area (Å²) in [6, 6.07) is 1.60. The highest BCUT2D eigenvalue weighted by molar-refractivity contribution is 5.24. The number of nitrogens with zero attached hydrogens (tertiary/aromatic N) is 4. The number of halogens is 3. The van der Waals surface area contributed by atoms with Crippen LogP contribution in [-0.2, 0) is 13.5 Å². The van der Waals surface area contributed by atoms with E-state index in [-0.39, 0.29) is 12.0 Å². The van der Waals surface area contributed by atoms with Gasteiger partial charge >= 0.3 is 0 Å². The fraction of sp³-hybridized carbons (Fsp3) is 0.462. The van der Waals surface area contributed by atoms with E-state index in [4.69, 9.17) is 0 Å². The quantitative estimate of drug-likeness (QED) is 0.828. The van der Waals surface area contributed by atoms with E-state index in [1.807, 2.05) is 6.92 Å². The molecule has 1 heterocycles. The molecule has 5 nitrogen and oxygen atoms in total. The largest absolute Gasteiger partial charge is 0.309 e. The van der Waals surface area contributed by atoms with Crippen molar-refractivity contribution in [1.29, 1.82) is 0 Å². The van der Waals surface area contributed by atoms with Gasteiger partial charge in [0.25, 0.3) is 0 Å². The lowest BCUT2D eigenvalue weighted by Gasteiger charge is -2.18. The highest BCUT2D eigenvalue weighted by Crippen LogP contribution is 2.23. The molecule has 0 amide bonds. The predicted octanol–water partition coefficient (Wildman–Crippen LogP) is 1.91. The summed E-state index contributed by atoms with van der Waals surface area (Å²) >= 11 is 0. The number of rotatable bonds is 6. The van der Waals surface area contributed by atoms with Crippen molar-refractivity contribution in [2.24, 2.45) is 7.05 Å². The molecule has 0 aliphatic heterocycles. The number of benzene rings is 1. The monoisotopic (exact) mass is 299 g/mol. The van der Waals surface area contributed by atoms with E-state index >= 15 is 0 Å². The van der Waals surface area contributed by atoms with E-state index < -0.39 is 23.5 Å². The normalized spacial score (nSPS) is 12.6. The minimum atomic E-state index is -1.47. The molecule has 1 aromatic carbocycles. The van der Waals surface area contributed by atoms with Gasteiger partial charge in [0.1, 0.15) is 0 Å². The predicted molar refractivity (Wildman–Crippen MR) is 69.9 cm³/mol. The van der Waals surface area contributed by atoms with Crippen molar-refractivity contribution < 1.29 is 13.2 Å². The van der Waals surface area contributed by atoms with E-state index in [0.29, 0.717) is 12.4 Å². The van der Waals surface area contributed by atoms with Crippen molar-refractivity contribution >= 4 is 0 Å². The molecule has 8 heteroatoms. The van der Waals surface area contributed by atoms with Gasteiger partial charge < -0.3 is 5.32 Å². The molecule has 0 radical (unpaired) electrons. The topological polar surface area (TPSA) is 55.6 Å². The van der Waals surface area contributed by atoms with Crippen LogP contribution < -0.4 is 5.32 Å². The molecule has 0 aliphatic carbocycles. The Morgan fingerprint density at radius 2 is 2.00 bits per heavy atom. The summed E-state index contributed by atoms with van der Waals surface area (Å²) in [5, 5.41) is 14.6. The number of aromatic nitrogens is 4. The maximum absolute atomic E-state index is 13.9. The minimum absolute atomic E-state index is 0.0507. The number of aryl methyl sites for hydroxylation is 1. The summed E-state index contributed by atoms with van der Waals surface area (Å²) in [6.45, 7) is 2.55. The second-order valence-electron chi connectivity index (χ2n) is 4.67. The second kappa shape index (κ2) is 6.66. The average Bonchev–Trinajstić information content (AvgIpc) is 2.87. The van der Waals surface area contributed by atoms with Crippen LogP contribution in [0.5, 0.6) is 0 Å². The second-order valence-corrected chi connectivity index (χ2v) is 4.67. The molecule has 0 saturated carbocycles. The molecule has 0 fully saturated rings. The van der Waals surface area contributed by atoms with E-state index in [0.717, 1.165) is 12.5 Å². The van der Waals surface area contributed by atoms with E-state index in [2.05, 4.69) is 20.7 Å². The van der Waals surface area contributed by atoms with Gasteiger partial charge in [0.05, 0.1) is 7.05 Å². The molecule has 1 aromatic heterocycles. The number of hydrogen-bond acceptors (Lipinski definition) is 4. The Bertz CT molecular complexity index is 614. The molecule has 114 valence electrons. The van der Waals surface area contributed by atoms with E-state index in [1.54, 1.807) is 7.05 Å². The van der Waals surface area contributed by atoms with Gasteiger partial charge in [0.2, 0.25) is 0 Å². The Balaban J connectivity index is 2.29. The first kappa shape index (κ1) is 15.4. The zero-order valence-corrected chi connectivity index (χ0v) is 11.8. The number of tetrazole rings is 1. The van der Waals surface area contributed by atoms with Crippen LogP contribution in [-0.4, -0.2) is 26.8 Å². The standard InChI is InChI=1S/C13H16F3N5/c1-3-6-17-10(7-11-18-20-21(2)19-11)8-4-5-9(14)13(16)12(8)15/h4-5,10,17H,3,6-7H2,1-2H3. The maximum atomic E-state index is 13.9. The van der Waals surface area contributed by atoms with Crippen molar-refractivity contribution in [3.8, 4) is 0 Å². The molecule has 21 heavy (non-hydrogen) atoms. The Morgan fingerprint density at radius 1 is 1.24 bits per heavy atom. The molecule has 2 aromatic rings. The molecule has 0 spiro atoms. The lowest BCUT2D eigenvalue weighted by atomic mass is 10.0. The third-order valence-electron chi connectivity index (χ3n) is 3.02. The minimum Gasteiger partial charge on any atom is -0.309 e. The maximum Gasteiger partial charge on any atom is 0.194 e. The smallest absolute Gasteiger partial charge is 0.194 e. The molecule has 1 N–H and O–H groups in total. The van der Waals surface area contributed by atoms with Crippen LogP contribution in [0.3, 0.4) is 0 Å². The third-order valence-corrected chi connectivity index (χ3v) is 3.02. The summed E-state index contributed by atoms with van der Waals surface area (Å²) in [5.74, 6) is -3.46. The van der Waals surface area contributed by atoms with Crippen molar-refractivity contribution in [2.75, 3.05) is 6.54 Å². The van der Waals surface area contributed by atoms with Crippen LogP contribution >= 0.6 is 0 Å². The van der Waals surface area contributed by atoms with Gasteiger partial charge in [-0.25, -0.2) is 13.2 Å². The van der Waals surface area contributed by atoms with Gasteiger partial charge in [-0.3, -0.25) is 0 Å². The summed E-state index contributed by atoms with van der Waals surface area (Å²) in [6.07, 6.45) is 1.05. The highest BCUT2D eigenvalue weighted by atomic mass is 19.2. The lowest BCUT2D eigenvalue weighted by molar-refractivity contribution is 0.421. The van der Waals surface area contributed by atoms with Gasteiger partial charge in [-0.2, -0.15) is 4.80 Å². The molecular weight excluding hydrogens is 283 g/mol. The number of hydrogen-bond donors (Lipinski definition) is 1.